The van der Waals surface area contributed by atoms with E-state index >= 15 is 0 Å². The normalized spacial score (nSPS) is 12.9. The zero-order valence-electron chi connectivity index (χ0n) is 12.6. The lowest BCUT2D eigenvalue weighted by molar-refractivity contribution is 0.107. The van der Waals surface area contributed by atoms with Gasteiger partial charge in [0.1, 0.15) is 5.75 Å². The van der Waals surface area contributed by atoms with Gasteiger partial charge >= 0.3 is 0 Å². The number of ether oxygens (including phenoxy) is 1. The highest BCUT2D eigenvalue weighted by Crippen LogP contribution is 2.24. The first-order valence-electron chi connectivity index (χ1n) is 7.11. The van der Waals surface area contributed by atoms with E-state index in [2.05, 4.69) is 26.1 Å². The summed E-state index contributed by atoms with van der Waals surface area (Å²) in [5, 5.41) is 13.3. The van der Waals surface area contributed by atoms with Crippen molar-refractivity contribution in [1.29, 1.82) is 0 Å². The van der Waals surface area contributed by atoms with E-state index in [0.717, 1.165) is 37.3 Å². The molecule has 0 radical (unpaired) electrons. The Labute approximate surface area is 117 Å². The minimum absolute atomic E-state index is 0.158. The minimum atomic E-state index is 0.158. The average molecular weight is 265 g/mol. The molecule has 0 saturated heterocycles. The molecule has 0 saturated carbocycles. The maximum atomic E-state index is 9.90. The number of hydrogen-bond donors (Lipinski definition) is 2. The topological polar surface area (TPSA) is 41.5 Å². The van der Waals surface area contributed by atoms with Crippen molar-refractivity contribution in [3.05, 3.63) is 29.3 Å². The Morgan fingerprint density at radius 1 is 1.26 bits per heavy atom. The summed E-state index contributed by atoms with van der Waals surface area (Å²) < 4.78 is 5.53. The lowest BCUT2D eigenvalue weighted by atomic mass is 10.1. The van der Waals surface area contributed by atoms with Gasteiger partial charge in [0.05, 0.1) is 0 Å². The molecule has 0 bridgehead atoms. The molecule has 1 aromatic rings. The third kappa shape index (κ3) is 6.08. The van der Waals surface area contributed by atoms with Crippen molar-refractivity contribution >= 4 is 0 Å². The molecule has 0 aliphatic carbocycles. The summed E-state index contributed by atoms with van der Waals surface area (Å²) in [5.74, 6) is 0.965. The predicted molar refractivity (Wildman–Crippen MR) is 79.5 cm³/mol. The Balaban J connectivity index is 2.25. The first-order chi connectivity index (χ1) is 9.00. The van der Waals surface area contributed by atoms with Gasteiger partial charge in [-0.1, -0.05) is 26.0 Å². The fourth-order valence-corrected chi connectivity index (χ4v) is 1.94. The van der Waals surface area contributed by atoms with Crippen LogP contribution in [0.3, 0.4) is 0 Å². The van der Waals surface area contributed by atoms with E-state index in [0.29, 0.717) is 11.7 Å². The molecular weight excluding hydrogens is 238 g/mol. The van der Waals surface area contributed by atoms with Gasteiger partial charge < -0.3 is 15.2 Å². The molecule has 2 N–H and O–H groups in total. The van der Waals surface area contributed by atoms with Crippen molar-refractivity contribution in [1.82, 2.24) is 5.32 Å². The van der Waals surface area contributed by atoms with Crippen molar-refractivity contribution in [3.63, 3.8) is 0 Å². The molecule has 0 heterocycles. The van der Waals surface area contributed by atoms with Crippen LogP contribution in [-0.4, -0.2) is 24.9 Å². The quantitative estimate of drug-likeness (QED) is 0.708. The van der Waals surface area contributed by atoms with Crippen LogP contribution < -0.4 is 5.32 Å². The molecule has 0 aliphatic rings. The summed E-state index contributed by atoms with van der Waals surface area (Å²) in [6, 6.07) is 5.97. The lowest BCUT2D eigenvalue weighted by Gasteiger charge is -2.16. The number of benzene rings is 1. The van der Waals surface area contributed by atoms with Gasteiger partial charge in [0.2, 0.25) is 0 Å². The summed E-state index contributed by atoms with van der Waals surface area (Å²) in [4.78, 5) is 0. The summed E-state index contributed by atoms with van der Waals surface area (Å²) >= 11 is 0. The number of phenolic OH excluding ortho intramolecular Hbond substituents is 1. The summed E-state index contributed by atoms with van der Waals surface area (Å²) in [5.41, 5.74) is 2.03. The first-order valence-corrected chi connectivity index (χ1v) is 7.11. The highest BCUT2D eigenvalue weighted by atomic mass is 16.5. The Hall–Kier alpha value is -1.06. The van der Waals surface area contributed by atoms with Crippen molar-refractivity contribution < 1.29 is 9.84 Å². The second-order valence-corrected chi connectivity index (χ2v) is 5.56. The van der Waals surface area contributed by atoms with Crippen LogP contribution in [0.2, 0.25) is 0 Å². The molecule has 3 nitrogen and oxygen atoms in total. The number of nitrogens with one attached hydrogen (secondary N) is 1. The Morgan fingerprint density at radius 2 is 2.00 bits per heavy atom. The van der Waals surface area contributed by atoms with Gasteiger partial charge in [0, 0.05) is 24.8 Å². The molecule has 108 valence electrons. The van der Waals surface area contributed by atoms with Crippen LogP contribution in [-0.2, 0) is 4.74 Å². The van der Waals surface area contributed by atoms with Gasteiger partial charge in [0.15, 0.2) is 0 Å². The van der Waals surface area contributed by atoms with Crippen LogP contribution in [0.25, 0.3) is 0 Å². The summed E-state index contributed by atoms with van der Waals surface area (Å²) in [6.45, 7) is 10.9. The standard InChI is InChI=1S/C16H27NO2/c1-12(2)11-19-9-5-8-17-14(4)15-7-6-13(3)10-16(15)18/h6-7,10,12,14,17-18H,5,8-9,11H2,1-4H3. The van der Waals surface area contributed by atoms with Crippen LogP contribution in [0, 0.1) is 12.8 Å². The van der Waals surface area contributed by atoms with Gasteiger partial charge in [-0.25, -0.2) is 0 Å². The van der Waals surface area contributed by atoms with Gasteiger partial charge in [-0.3, -0.25) is 0 Å². The minimum Gasteiger partial charge on any atom is -0.508 e. The zero-order valence-corrected chi connectivity index (χ0v) is 12.6. The molecular formula is C16H27NO2. The number of aromatic hydroxyl groups is 1. The van der Waals surface area contributed by atoms with Crippen molar-refractivity contribution in [2.75, 3.05) is 19.8 Å². The molecule has 1 aromatic carbocycles. The zero-order chi connectivity index (χ0) is 14.3. The molecule has 0 amide bonds. The highest BCUT2D eigenvalue weighted by molar-refractivity contribution is 5.37. The third-order valence-corrected chi connectivity index (χ3v) is 3.02. The van der Waals surface area contributed by atoms with Crippen LogP contribution in [0.15, 0.2) is 18.2 Å². The maximum Gasteiger partial charge on any atom is 0.120 e. The number of rotatable bonds is 8. The van der Waals surface area contributed by atoms with Gasteiger partial charge in [0.25, 0.3) is 0 Å². The molecule has 0 aliphatic heterocycles. The Kier molecular flexibility index (Phi) is 6.89. The molecule has 19 heavy (non-hydrogen) atoms. The average Bonchev–Trinajstić information content (AvgIpc) is 2.32. The van der Waals surface area contributed by atoms with E-state index in [1.165, 1.54) is 0 Å². The molecule has 1 atom stereocenters. The largest absolute Gasteiger partial charge is 0.508 e. The van der Waals surface area contributed by atoms with E-state index < -0.39 is 0 Å². The predicted octanol–water partition coefficient (Wildman–Crippen LogP) is 3.41. The Bertz CT molecular complexity index is 377. The van der Waals surface area contributed by atoms with Crippen LogP contribution in [0.4, 0.5) is 0 Å². The van der Waals surface area contributed by atoms with E-state index in [-0.39, 0.29) is 6.04 Å². The van der Waals surface area contributed by atoms with Crippen LogP contribution in [0.5, 0.6) is 5.75 Å². The summed E-state index contributed by atoms with van der Waals surface area (Å²) in [7, 11) is 0. The molecule has 1 unspecified atom stereocenters. The van der Waals surface area contributed by atoms with E-state index in [1.54, 1.807) is 6.07 Å². The van der Waals surface area contributed by atoms with Crippen LogP contribution in [0.1, 0.15) is 44.4 Å². The molecule has 0 fully saturated rings. The van der Waals surface area contributed by atoms with Crippen molar-refractivity contribution in [2.24, 2.45) is 5.92 Å². The van der Waals surface area contributed by atoms with Crippen LogP contribution >= 0.6 is 0 Å². The SMILES string of the molecule is Cc1ccc(C(C)NCCCOCC(C)C)c(O)c1. The van der Waals surface area contributed by atoms with Crippen molar-refractivity contribution in [2.45, 2.75) is 40.2 Å². The monoisotopic (exact) mass is 265 g/mol. The second-order valence-electron chi connectivity index (χ2n) is 5.56. The summed E-state index contributed by atoms with van der Waals surface area (Å²) in [6.07, 6.45) is 0.990. The maximum absolute atomic E-state index is 9.90. The van der Waals surface area contributed by atoms with Gasteiger partial charge in [-0.15, -0.1) is 0 Å². The smallest absolute Gasteiger partial charge is 0.120 e. The molecule has 0 aromatic heterocycles. The number of hydrogen-bond acceptors (Lipinski definition) is 3. The fourth-order valence-electron chi connectivity index (χ4n) is 1.94. The van der Waals surface area contributed by atoms with E-state index in [4.69, 9.17) is 4.74 Å². The van der Waals surface area contributed by atoms with Gasteiger partial charge in [-0.2, -0.15) is 0 Å². The van der Waals surface area contributed by atoms with E-state index in [9.17, 15) is 5.11 Å². The van der Waals surface area contributed by atoms with Gasteiger partial charge in [-0.05, 0) is 44.4 Å². The second kappa shape index (κ2) is 8.18. The Morgan fingerprint density at radius 3 is 2.63 bits per heavy atom. The number of phenols is 1. The third-order valence-electron chi connectivity index (χ3n) is 3.02. The first kappa shape index (κ1) is 16.0. The molecule has 0 spiro atoms. The van der Waals surface area contributed by atoms with Crippen molar-refractivity contribution in [3.8, 4) is 5.75 Å². The molecule has 3 heteroatoms. The molecule has 1 rings (SSSR count). The van der Waals surface area contributed by atoms with E-state index in [1.807, 2.05) is 19.1 Å². The lowest BCUT2D eigenvalue weighted by Crippen LogP contribution is -2.21. The number of aryl methyl sites for hydroxylation is 1. The highest BCUT2D eigenvalue weighted by Gasteiger charge is 2.09. The fraction of sp³-hybridized carbons (Fsp3) is 0.625.